The van der Waals surface area contributed by atoms with Crippen molar-refractivity contribution in [2.24, 2.45) is 0 Å². The molecule has 20 heavy (non-hydrogen) atoms. The molecule has 0 aliphatic carbocycles. The van der Waals surface area contributed by atoms with Crippen molar-refractivity contribution >= 4 is 5.97 Å². The Hall–Kier alpha value is -2.17. The third-order valence-electron chi connectivity index (χ3n) is 2.91. The molecule has 0 bridgehead atoms. The Bertz CT molecular complexity index is 634. The minimum absolute atomic E-state index is 0.0457. The fourth-order valence-electron chi connectivity index (χ4n) is 1.92. The maximum Gasteiger partial charge on any atom is 0.376 e. The second-order valence-corrected chi connectivity index (χ2v) is 4.52. The molecule has 0 amide bonds. The van der Waals surface area contributed by atoms with Crippen LogP contribution in [0.5, 0.6) is 0 Å². The van der Waals surface area contributed by atoms with Gasteiger partial charge in [-0.2, -0.15) is 0 Å². The van der Waals surface area contributed by atoms with Crippen LogP contribution in [-0.2, 0) is 11.2 Å². The second-order valence-electron chi connectivity index (χ2n) is 4.52. The SMILES string of the molecule is CCCc1nc(-c2ccc(C)cc2F)oc1C(=O)OC. The summed E-state index contributed by atoms with van der Waals surface area (Å²) in [6.45, 7) is 3.76. The van der Waals surface area contributed by atoms with E-state index >= 15 is 0 Å². The van der Waals surface area contributed by atoms with E-state index in [0.29, 0.717) is 12.1 Å². The predicted octanol–water partition coefficient (Wildman–Crippen LogP) is 3.53. The zero-order chi connectivity index (χ0) is 14.7. The smallest absolute Gasteiger partial charge is 0.376 e. The summed E-state index contributed by atoms with van der Waals surface area (Å²) < 4.78 is 24.0. The lowest BCUT2D eigenvalue weighted by Crippen LogP contribution is -2.03. The van der Waals surface area contributed by atoms with Crippen LogP contribution in [0.2, 0.25) is 0 Å². The molecule has 0 saturated heterocycles. The van der Waals surface area contributed by atoms with Crippen molar-refractivity contribution in [1.29, 1.82) is 0 Å². The molecule has 0 fully saturated rings. The molecule has 0 N–H and O–H groups in total. The number of hydrogen-bond donors (Lipinski definition) is 0. The number of hydrogen-bond acceptors (Lipinski definition) is 4. The van der Waals surface area contributed by atoms with Crippen molar-refractivity contribution in [1.82, 2.24) is 4.98 Å². The van der Waals surface area contributed by atoms with Crippen molar-refractivity contribution < 1.29 is 18.3 Å². The number of carbonyl (C=O) groups excluding carboxylic acids is 1. The standard InChI is InChI=1S/C15H16FNO3/c1-4-5-12-13(15(18)19-3)20-14(17-12)10-7-6-9(2)8-11(10)16/h6-8H,4-5H2,1-3H3. The first kappa shape index (κ1) is 14.2. The van der Waals surface area contributed by atoms with E-state index in [4.69, 9.17) is 4.42 Å². The molecular formula is C15H16FNO3. The highest BCUT2D eigenvalue weighted by atomic mass is 19.1. The van der Waals surface area contributed by atoms with Crippen LogP contribution >= 0.6 is 0 Å². The number of carbonyl (C=O) groups is 1. The fraction of sp³-hybridized carbons (Fsp3) is 0.333. The molecule has 0 aliphatic rings. The van der Waals surface area contributed by atoms with Gasteiger partial charge in [0.25, 0.3) is 0 Å². The van der Waals surface area contributed by atoms with Gasteiger partial charge in [-0.25, -0.2) is 14.2 Å². The monoisotopic (exact) mass is 277 g/mol. The molecule has 1 aromatic heterocycles. The first-order valence-electron chi connectivity index (χ1n) is 6.41. The zero-order valence-corrected chi connectivity index (χ0v) is 11.7. The number of ether oxygens (including phenoxy) is 1. The van der Waals surface area contributed by atoms with Gasteiger partial charge in [-0.1, -0.05) is 19.4 Å². The van der Waals surface area contributed by atoms with E-state index in [1.54, 1.807) is 19.1 Å². The van der Waals surface area contributed by atoms with E-state index in [-0.39, 0.29) is 17.2 Å². The van der Waals surface area contributed by atoms with E-state index in [0.717, 1.165) is 12.0 Å². The summed E-state index contributed by atoms with van der Waals surface area (Å²) in [4.78, 5) is 15.9. The number of esters is 1. The minimum Gasteiger partial charge on any atom is -0.463 e. The van der Waals surface area contributed by atoms with Gasteiger partial charge in [0, 0.05) is 0 Å². The van der Waals surface area contributed by atoms with Gasteiger partial charge >= 0.3 is 5.97 Å². The highest BCUT2D eigenvalue weighted by molar-refractivity contribution is 5.88. The first-order valence-corrected chi connectivity index (χ1v) is 6.41. The van der Waals surface area contributed by atoms with Crippen molar-refractivity contribution in [3.05, 3.63) is 41.0 Å². The largest absolute Gasteiger partial charge is 0.463 e. The third-order valence-corrected chi connectivity index (χ3v) is 2.91. The Morgan fingerprint density at radius 2 is 2.20 bits per heavy atom. The van der Waals surface area contributed by atoms with Crippen LogP contribution in [0.1, 0.15) is 35.2 Å². The van der Waals surface area contributed by atoms with Crippen LogP contribution < -0.4 is 0 Å². The number of halogens is 1. The Morgan fingerprint density at radius 3 is 2.80 bits per heavy atom. The van der Waals surface area contributed by atoms with Gasteiger partial charge in [0.05, 0.1) is 18.4 Å². The van der Waals surface area contributed by atoms with Crippen LogP contribution in [-0.4, -0.2) is 18.1 Å². The van der Waals surface area contributed by atoms with Gasteiger partial charge < -0.3 is 9.15 Å². The van der Waals surface area contributed by atoms with Crippen LogP contribution in [0.25, 0.3) is 11.5 Å². The van der Waals surface area contributed by atoms with Crippen LogP contribution in [0.4, 0.5) is 4.39 Å². The van der Waals surface area contributed by atoms with Gasteiger partial charge in [0.15, 0.2) is 0 Å². The summed E-state index contributed by atoms with van der Waals surface area (Å²) in [5.41, 5.74) is 1.54. The quantitative estimate of drug-likeness (QED) is 0.802. The topological polar surface area (TPSA) is 52.3 Å². The van der Waals surface area contributed by atoms with Crippen LogP contribution in [0.15, 0.2) is 22.6 Å². The van der Waals surface area contributed by atoms with E-state index < -0.39 is 11.8 Å². The Kier molecular flexibility index (Phi) is 4.17. The van der Waals surface area contributed by atoms with E-state index in [2.05, 4.69) is 9.72 Å². The summed E-state index contributed by atoms with van der Waals surface area (Å²) in [5.74, 6) is -0.874. The number of aromatic nitrogens is 1. The van der Waals surface area contributed by atoms with E-state index in [9.17, 15) is 9.18 Å². The molecule has 4 nitrogen and oxygen atoms in total. The van der Waals surface area contributed by atoms with Gasteiger partial charge in [-0.05, 0) is 31.0 Å². The lowest BCUT2D eigenvalue weighted by molar-refractivity contribution is 0.0564. The number of methoxy groups -OCH3 is 1. The molecule has 1 heterocycles. The number of benzene rings is 1. The summed E-state index contributed by atoms with van der Waals surface area (Å²) in [6.07, 6.45) is 1.37. The summed E-state index contributed by atoms with van der Waals surface area (Å²) in [6, 6.07) is 4.75. The number of oxazole rings is 1. The zero-order valence-electron chi connectivity index (χ0n) is 11.7. The first-order chi connectivity index (χ1) is 9.56. The molecule has 106 valence electrons. The molecule has 0 atom stereocenters. The molecule has 0 unspecified atom stereocenters. The van der Waals surface area contributed by atoms with Crippen molar-refractivity contribution in [3.8, 4) is 11.5 Å². The molecular weight excluding hydrogens is 261 g/mol. The Balaban J connectivity index is 2.49. The molecule has 0 aliphatic heterocycles. The predicted molar refractivity (Wildman–Crippen MR) is 72.0 cm³/mol. The van der Waals surface area contributed by atoms with Crippen molar-refractivity contribution in [2.75, 3.05) is 7.11 Å². The van der Waals surface area contributed by atoms with Gasteiger partial charge in [-0.15, -0.1) is 0 Å². The molecule has 0 radical (unpaired) electrons. The normalized spacial score (nSPS) is 10.6. The highest BCUT2D eigenvalue weighted by Gasteiger charge is 2.22. The maximum atomic E-state index is 13.9. The maximum absolute atomic E-state index is 13.9. The van der Waals surface area contributed by atoms with E-state index in [1.165, 1.54) is 13.2 Å². The highest BCUT2D eigenvalue weighted by Crippen LogP contribution is 2.26. The number of rotatable bonds is 4. The molecule has 2 rings (SSSR count). The lowest BCUT2D eigenvalue weighted by atomic mass is 10.1. The number of aryl methyl sites for hydroxylation is 2. The summed E-state index contributed by atoms with van der Waals surface area (Å²) in [5, 5.41) is 0. The van der Waals surface area contributed by atoms with Crippen LogP contribution in [0.3, 0.4) is 0 Å². The van der Waals surface area contributed by atoms with Crippen LogP contribution in [0, 0.1) is 12.7 Å². The van der Waals surface area contributed by atoms with Crippen molar-refractivity contribution in [2.45, 2.75) is 26.7 Å². The molecule has 0 spiro atoms. The lowest BCUT2D eigenvalue weighted by Gasteiger charge is -1.99. The Labute approximate surface area is 116 Å². The molecule has 0 saturated carbocycles. The molecule has 1 aromatic carbocycles. The van der Waals surface area contributed by atoms with Gasteiger partial charge in [-0.3, -0.25) is 0 Å². The average molecular weight is 277 g/mol. The van der Waals surface area contributed by atoms with Crippen molar-refractivity contribution in [3.63, 3.8) is 0 Å². The van der Waals surface area contributed by atoms with E-state index in [1.807, 2.05) is 6.92 Å². The second kappa shape index (κ2) is 5.86. The molecule has 2 aromatic rings. The third kappa shape index (κ3) is 2.71. The summed E-state index contributed by atoms with van der Waals surface area (Å²) >= 11 is 0. The Morgan fingerprint density at radius 1 is 1.45 bits per heavy atom. The molecule has 5 heteroatoms. The average Bonchev–Trinajstić information content (AvgIpc) is 2.82. The summed E-state index contributed by atoms with van der Waals surface area (Å²) in [7, 11) is 1.27. The van der Waals surface area contributed by atoms with Gasteiger partial charge in [0.1, 0.15) is 5.82 Å². The fourth-order valence-corrected chi connectivity index (χ4v) is 1.92. The minimum atomic E-state index is -0.597. The number of nitrogens with zero attached hydrogens (tertiary/aromatic N) is 1. The van der Waals surface area contributed by atoms with Gasteiger partial charge in [0.2, 0.25) is 11.7 Å².